The maximum absolute atomic E-state index is 13.3. The van der Waals surface area contributed by atoms with Gasteiger partial charge in [-0.15, -0.1) is 0 Å². The maximum Gasteiger partial charge on any atom is 0.254 e. The van der Waals surface area contributed by atoms with Crippen molar-refractivity contribution in [1.29, 1.82) is 0 Å². The molecule has 2 bridgehead atoms. The Balaban J connectivity index is 1.76. The molecule has 1 amide bonds. The van der Waals surface area contributed by atoms with E-state index in [0.717, 1.165) is 47.2 Å². The number of carbonyl (C=O) groups is 1. The number of nitrogens with zero attached hydrogens (tertiary/aromatic N) is 2. The van der Waals surface area contributed by atoms with E-state index in [0.29, 0.717) is 12.1 Å². The lowest BCUT2D eigenvalue weighted by atomic mass is 10.00. The van der Waals surface area contributed by atoms with Crippen LogP contribution in [0.5, 0.6) is 0 Å². The van der Waals surface area contributed by atoms with Crippen LogP contribution in [0.2, 0.25) is 0 Å². The summed E-state index contributed by atoms with van der Waals surface area (Å²) >= 11 is 0. The summed E-state index contributed by atoms with van der Waals surface area (Å²) in [6, 6.07) is 7.25. The van der Waals surface area contributed by atoms with Crippen LogP contribution in [0, 0.1) is 20.8 Å². The van der Waals surface area contributed by atoms with Gasteiger partial charge in [-0.2, -0.15) is 0 Å². The Hall–Kier alpha value is -1.94. The summed E-state index contributed by atoms with van der Waals surface area (Å²) in [5.74, 6) is 0.157. The van der Waals surface area contributed by atoms with Crippen molar-refractivity contribution in [1.82, 2.24) is 15.2 Å². The third-order valence-electron chi connectivity index (χ3n) is 5.42. The van der Waals surface area contributed by atoms with Crippen molar-refractivity contribution in [2.24, 2.45) is 0 Å². The molecule has 0 spiro atoms. The number of pyridine rings is 1. The molecule has 0 unspecified atom stereocenters. The number of aromatic nitrogens is 1. The Kier molecular flexibility index (Phi) is 3.80. The molecule has 2 aromatic rings. The average Bonchev–Trinajstić information content (AvgIpc) is 2.86. The first-order chi connectivity index (χ1) is 11.5. The normalized spacial score (nSPS) is 23.5. The number of hydrogen-bond acceptors (Lipinski definition) is 3. The maximum atomic E-state index is 13.3. The van der Waals surface area contributed by atoms with Gasteiger partial charge < -0.3 is 10.2 Å². The summed E-state index contributed by atoms with van der Waals surface area (Å²) in [6.07, 6.45) is 3.49. The van der Waals surface area contributed by atoms with Crippen molar-refractivity contribution in [2.75, 3.05) is 13.1 Å². The number of carbonyl (C=O) groups excluding carboxylic acids is 1. The zero-order valence-corrected chi connectivity index (χ0v) is 14.7. The highest BCUT2D eigenvalue weighted by atomic mass is 16.2. The molecule has 24 heavy (non-hydrogen) atoms. The first kappa shape index (κ1) is 15.6. The molecule has 2 fully saturated rings. The van der Waals surface area contributed by atoms with E-state index < -0.39 is 0 Å². The lowest BCUT2D eigenvalue weighted by Crippen LogP contribution is -2.39. The number of fused-ring (bicyclic) bond motifs is 3. The highest BCUT2D eigenvalue weighted by molar-refractivity contribution is 6.07. The molecule has 1 N–H and O–H groups in total. The predicted molar refractivity (Wildman–Crippen MR) is 96.4 cm³/mol. The Morgan fingerprint density at radius 1 is 1.12 bits per heavy atom. The highest BCUT2D eigenvalue weighted by Gasteiger charge is 2.32. The standard InChI is InChI=1S/C20H25N3O/c1-12-8-13(2)19-17(9-12)18(10-14(3)21-19)20(24)23-7-6-15-4-5-16(11-23)22-15/h8-10,15-16,22H,4-7,11H2,1-3H3/t15-,16+/m1/s1. The minimum absolute atomic E-state index is 0.157. The fourth-order valence-electron chi connectivity index (χ4n) is 4.28. The zero-order chi connectivity index (χ0) is 16.8. The zero-order valence-electron chi connectivity index (χ0n) is 14.7. The van der Waals surface area contributed by atoms with Gasteiger partial charge >= 0.3 is 0 Å². The molecule has 0 aliphatic carbocycles. The van der Waals surface area contributed by atoms with Crippen molar-refractivity contribution >= 4 is 16.8 Å². The van der Waals surface area contributed by atoms with E-state index in [-0.39, 0.29) is 5.91 Å². The van der Waals surface area contributed by atoms with Crippen LogP contribution in [0.1, 0.15) is 46.4 Å². The molecule has 0 saturated carbocycles. The smallest absolute Gasteiger partial charge is 0.254 e. The molecule has 126 valence electrons. The molecule has 4 nitrogen and oxygen atoms in total. The lowest BCUT2D eigenvalue weighted by Gasteiger charge is -2.25. The summed E-state index contributed by atoms with van der Waals surface area (Å²) in [7, 11) is 0. The van der Waals surface area contributed by atoms with E-state index in [1.807, 2.05) is 17.9 Å². The first-order valence-corrected chi connectivity index (χ1v) is 8.95. The van der Waals surface area contributed by atoms with Crippen molar-refractivity contribution in [3.05, 3.63) is 40.6 Å². The van der Waals surface area contributed by atoms with Gasteiger partial charge in [0.25, 0.3) is 5.91 Å². The second kappa shape index (κ2) is 5.85. The van der Waals surface area contributed by atoms with Crippen LogP contribution in [0.3, 0.4) is 0 Å². The van der Waals surface area contributed by atoms with Crippen LogP contribution < -0.4 is 5.32 Å². The van der Waals surface area contributed by atoms with E-state index in [1.165, 1.54) is 18.4 Å². The minimum atomic E-state index is 0.157. The van der Waals surface area contributed by atoms with Gasteiger partial charge in [-0.05, 0) is 57.7 Å². The van der Waals surface area contributed by atoms with E-state index in [1.54, 1.807) is 0 Å². The van der Waals surface area contributed by atoms with Gasteiger partial charge in [0, 0.05) is 36.3 Å². The molecule has 3 heterocycles. The second-order valence-electron chi connectivity index (χ2n) is 7.47. The fourth-order valence-corrected chi connectivity index (χ4v) is 4.28. The van der Waals surface area contributed by atoms with E-state index >= 15 is 0 Å². The lowest BCUT2D eigenvalue weighted by molar-refractivity contribution is 0.0750. The van der Waals surface area contributed by atoms with Crippen LogP contribution in [-0.4, -0.2) is 41.0 Å². The SMILES string of the molecule is Cc1cc(C)c2nc(C)cc(C(=O)N3CC[C@H]4CC[C@@H](C3)N4)c2c1. The van der Waals surface area contributed by atoms with Gasteiger partial charge in [0.05, 0.1) is 11.1 Å². The van der Waals surface area contributed by atoms with E-state index in [9.17, 15) is 4.79 Å². The summed E-state index contributed by atoms with van der Waals surface area (Å²) in [6.45, 7) is 7.80. The van der Waals surface area contributed by atoms with Crippen LogP contribution >= 0.6 is 0 Å². The molecule has 0 radical (unpaired) electrons. The number of benzene rings is 1. The van der Waals surface area contributed by atoms with Crippen molar-refractivity contribution < 1.29 is 4.79 Å². The van der Waals surface area contributed by atoms with Crippen molar-refractivity contribution in [3.63, 3.8) is 0 Å². The summed E-state index contributed by atoms with van der Waals surface area (Å²) < 4.78 is 0. The van der Waals surface area contributed by atoms with Crippen LogP contribution in [0.4, 0.5) is 0 Å². The van der Waals surface area contributed by atoms with Gasteiger partial charge in [-0.3, -0.25) is 9.78 Å². The monoisotopic (exact) mass is 323 g/mol. The molecule has 2 atom stereocenters. The third kappa shape index (κ3) is 2.69. The summed E-state index contributed by atoms with van der Waals surface area (Å²) in [4.78, 5) is 20.0. The number of likely N-dealkylation sites (tertiary alicyclic amines) is 1. The number of rotatable bonds is 1. The van der Waals surface area contributed by atoms with Gasteiger partial charge in [-0.1, -0.05) is 11.6 Å². The number of hydrogen-bond donors (Lipinski definition) is 1. The van der Waals surface area contributed by atoms with E-state index in [4.69, 9.17) is 0 Å². The van der Waals surface area contributed by atoms with Gasteiger partial charge in [0.1, 0.15) is 0 Å². The van der Waals surface area contributed by atoms with Gasteiger partial charge in [0.2, 0.25) is 0 Å². The van der Waals surface area contributed by atoms with Gasteiger partial charge in [0.15, 0.2) is 0 Å². The topological polar surface area (TPSA) is 45.2 Å². The third-order valence-corrected chi connectivity index (χ3v) is 5.42. The fraction of sp³-hybridized carbons (Fsp3) is 0.500. The van der Waals surface area contributed by atoms with E-state index in [2.05, 4.69) is 36.3 Å². The number of amides is 1. The quantitative estimate of drug-likeness (QED) is 0.877. The minimum Gasteiger partial charge on any atom is -0.337 e. The Bertz CT molecular complexity index is 814. The average molecular weight is 323 g/mol. The molecular weight excluding hydrogens is 298 g/mol. The molecule has 1 aromatic carbocycles. The van der Waals surface area contributed by atoms with Crippen molar-refractivity contribution in [3.8, 4) is 0 Å². The first-order valence-electron chi connectivity index (χ1n) is 8.95. The molecule has 4 rings (SSSR count). The molecule has 4 heteroatoms. The highest BCUT2D eigenvalue weighted by Crippen LogP contribution is 2.26. The van der Waals surface area contributed by atoms with Crippen LogP contribution in [0.15, 0.2) is 18.2 Å². The molecule has 2 aliphatic heterocycles. The molecule has 2 saturated heterocycles. The van der Waals surface area contributed by atoms with Crippen LogP contribution in [0.25, 0.3) is 10.9 Å². The predicted octanol–water partition coefficient (Wildman–Crippen LogP) is 3.13. The van der Waals surface area contributed by atoms with Gasteiger partial charge in [-0.25, -0.2) is 0 Å². The molecule has 2 aliphatic rings. The summed E-state index contributed by atoms with van der Waals surface area (Å²) in [5.41, 5.74) is 4.99. The van der Waals surface area contributed by atoms with Crippen LogP contribution in [-0.2, 0) is 0 Å². The number of nitrogens with one attached hydrogen (secondary N) is 1. The Morgan fingerprint density at radius 3 is 2.75 bits per heavy atom. The summed E-state index contributed by atoms with van der Waals surface area (Å²) in [5, 5.41) is 4.64. The molecular formula is C20H25N3O. The van der Waals surface area contributed by atoms with Crippen molar-refractivity contribution in [2.45, 2.75) is 52.1 Å². The second-order valence-corrected chi connectivity index (χ2v) is 7.47. The Labute approximate surface area is 143 Å². The molecule has 1 aromatic heterocycles. The Morgan fingerprint density at radius 2 is 1.92 bits per heavy atom. The number of aryl methyl sites for hydroxylation is 3. The largest absolute Gasteiger partial charge is 0.337 e.